The summed E-state index contributed by atoms with van der Waals surface area (Å²) in [4.78, 5) is 12.1. The fourth-order valence-corrected chi connectivity index (χ4v) is 2.18. The van der Waals surface area contributed by atoms with Gasteiger partial charge in [0.05, 0.1) is 6.26 Å². The molecule has 0 amide bonds. The molecule has 0 aliphatic carbocycles. The van der Waals surface area contributed by atoms with Gasteiger partial charge in [0, 0.05) is 5.57 Å². The Morgan fingerprint density at radius 3 is 2.13 bits per heavy atom. The predicted octanol–water partition coefficient (Wildman–Crippen LogP) is 4.34. The third-order valence-corrected chi connectivity index (χ3v) is 3.25. The van der Waals surface area contributed by atoms with Crippen molar-refractivity contribution in [1.29, 1.82) is 5.26 Å². The summed E-state index contributed by atoms with van der Waals surface area (Å²) in [6.07, 6.45) is 2.75. The van der Waals surface area contributed by atoms with E-state index in [0.29, 0.717) is 5.57 Å². The van der Waals surface area contributed by atoms with E-state index in [1.807, 2.05) is 60.7 Å². The van der Waals surface area contributed by atoms with Crippen molar-refractivity contribution < 1.29 is 9.53 Å². The zero-order valence-electron chi connectivity index (χ0n) is 12.5. The molecule has 23 heavy (non-hydrogen) atoms. The van der Waals surface area contributed by atoms with Crippen LogP contribution in [0.1, 0.15) is 16.7 Å². The first kappa shape index (κ1) is 16.0. The van der Waals surface area contributed by atoms with Gasteiger partial charge in [-0.05, 0) is 16.7 Å². The summed E-state index contributed by atoms with van der Waals surface area (Å²) in [5.74, 6) is -0.728. The van der Waals surface area contributed by atoms with Gasteiger partial charge in [-0.25, -0.2) is 4.79 Å². The first-order valence-corrected chi connectivity index (χ1v) is 6.95. The summed E-state index contributed by atoms with van der Waals surface area (Å²) >= 11 is 0. The largest absolute Gasteiger partial charge is 0.431 e. The second kappa shape index (κ2) is 7.58. The topological polar surface area (TPSA) is 50.1 Å². The number of ether oxygens (including phenoxy) is 1. The highest BCUT2D eigenvalue weighted by Gasteiger charge is 2.19. The SMILES string of the molecule is C=COC(=O)C(C#N)=C(c1ccccc1)c1ccc(C=C)cc1. The standard InChI is InChI=1S/C20H15NO2/c1-3-15-10-12-17(13-11-15)19(16-8-6-5-7-9-16)18(14-21)20(22)23-4-2/h3-13H,1-2H2. The molecule has 0 radical (unpaired) electrons. The van der Waals surface area contributed by atoms with Gasteiger partial charge in [0.15, 0.2) is 0 Å². The van der Waals surface area contributed by atoms with Crippen LogP contribution in [0.5, 0.6) is 0 Å². The van der Waals surface area contributed by atoms with Gasteiger partial charge >= 0.3 is 5.97 Å². The molecule has 0 saturated heterocycles. The molecule has 2 aromatic carbocycles. The minimum absolute atomic E-state index is 0.0672. The smallest absolute Gasteiger partial charge is 0.354 e. The Morgan fingerprint density at radius 2 is 1.61 bits per heavy atom. The van der Waals surface area contributed by atoms with E-state index in [4.69, 9.17) is 4.74 Å². The maximum absolute atomic E-state index is 12.1. The van der Waals surface area contributed by atoms with Crippen LogP contribution < -0.4 is 0 Å². The van der Waals surface area contributed by atoms with Crippen LogP contribution in [0.4, 0.5) is 0 Å². The van der Waals surface area contributed by atoms with E-state index in [1.165, 1.54) is 0 Å². The van der Waals surface area contributed by atoms with Crippen molar-refractivity contribution in [2.24, 2.45) is 0 Å². The van der Waals surface area contributed by atoms with Crippen molar-refractivity contribution in [2.45, 2.75) is 0 Å². The molecule has 0 fully saturated rings. The summed E-state index contributed by atoms with van der Waals surface area (Å²) in [5.41, 5.74) is 2.92. The zero-order chi connectivity index (χ0) is 16.7. The van der Waals surface area contributed by atoms with E-state index in [0.717, 1.165) is 23.0 Å². The first-order valence-electron chi connectivity index (χ1n) is 6.95. The molecular formula is C20H15NO2. The van der Waals surface area contributed by atoms with Crippen molar-refractivity contribution in [3.63, 3.8) is 0 Å². The number of hydrogen-bond acceptors (Lipinski definition) is 3. The summed E-state index contributed by atoms with van der Waals surface area (Å²) in [6.45, 7) is 7.08. The maximum Gasteiger partial charge on any atom is 0.354 e. The Labute approximate surface area is 135 Å². The van der Waals surface area contributed by atoms with Crippen LogP contribution >= 0.6 is 0 Å². The molecule has 112 valence electrons. The highest BCUT2D eigenvalue weighted by atomic mass is 16.5. The normalized spacial score (nSPS) is 10.9. The molecular weight excluding hydrogens is 286 g/mol. The lowest BCUT2D eigenvalue weighted by molar-refractivity contribution is -0.133. The molecule has 0 unspecified atom stereocenters. The zero-order valence-corrected chi connectivity index (χ0v) is 12.5. The minimum Gasteiger partial charge on any atom is -0.431 e. The quantitative estimate of drug-likeness (QED) is 0.357. The molecule has 0 atom stereocenters. The van der Waals surface area contributed by atoms with E-state index in [2.05, 4.69) is 13.2 Å². The monoisotopic (exact) mass is 301 g/mol. The lowest BCUT2D eigenvalue weighted by atomic mass is 9.93. The predicted molar refractivity (Wildman–Crippen MR) is 90.9 cm³/mol. The molecule has 0 N–H and O–H groups in total. The van der Waals surface area contributed by atoms with Crippen molar-refractivity contribution in [3.05, 3.63) is 96.3 Å². The third kappa shape index (κ3) is 3.63. The van der Waals surface area contributed by atoms with Crippen LogP contribution in [0, 0.1) is 11.3 Å². The number of carbonyl (C=O) groups is 1. The molecule has 0 spiro atoms. The fraction of sp³-hybridized carbons (Fsp3) is 0. The maximum atomic E-state index is 12.1. The highest BCUT2D eigenvalue weighted by Crippen LogP contribution is 2.28. The summed E-state index contributed by atoms with van der Waals surface area (Å²) in [6, 6.07) is 18.6. The Balaban J connectivity index is 2.69. The van der Waals surface area contributed by atoms with Gasteiger partial charge in [0.25, 0.3) is 0 Å². The average Bonchev–Trinajstić information content (AvgIpc) is 2.60. The van der Waals surface area contributed by atoms with Crippen LogP contribution in [-0.2, 0) is 9.53 Å². The van der Waals surface area contributed by atoms with Gasteiger partial charge in [0.2, 0.25) is 0 Å². The fourth-order valence-electron chi connectivity index (χ4n) is 2.18. The van der Waals surface area contributed by atoms with E-state index < -0.39 is 5.97 Å². The van der Waals surface area contributed by atoms with Crippen LogP contribution in [0.2, 0.25) is 0 Å². The molecule has 2 aromatic rings. The second-order valence-corrected chi connectivity index (χ2v) is 4.63. The molecule has 3 heteroatoms. The van der Waals surface area contributed by atoms with Crippen LogP contribution in [0.25, 0.3) is 11.6 Å². The Bertz CT molecular complexity index is 794. The summed E-state index contributed by atoms with van der Waals surface area (Å²) in [5, 5.41) is 9.46. The van der Waals surface area contributed by atoms with Gasteiger partial charge in [-0.3, -0.25) is 0 Å². The van der Waals surface area contributed by atoms with Crippen LogP contribution in [0.3, 0.4) is 0 Å². The van der Waals surface area contributed by atoms with Crippen LogP contribution in [0.15, 0.2) is 79.6 Å². The molecule has 0 aliphatic rings. The average molecular weight is 301 g/mol. The van der Waals surface area contributed by atoms with Crippen molar-refractivity contribution in [2.75, 3.05) is 0 Å². The summed E-state index contributed by atoms with van der Waals surface area (Å²) in [7, 11) is 0. The van der Waals surface area contributed by atoms with Crippen molar-refractivity contribution >= 4 is 17.6 Å². The molecule has 0 bridgehead atoms. The number of rotatable bonds is 5. The number of carbonyl (C=O) groups excluding carboxylic acids is 1. The van der Waals surface area contributed by atoms with Gasteiger partial charge in [-0.1, -0.05) is 73.8 Å². The molecule has 0 aromatic heterocycles. The Hall–Kier alpha value is -3.38. The highest BCUT2D eigenvalue weighted by molar-refractivity contribution is 6.05. The van der Waals surface area contributed by atoms with Crippen molar-refractivity contribution in [3.8, 4) is 6.07 Å². The summed E-state index contributed by atoms with van der Waals surface area (Å²) < 4.78 is 4.79. The lowest BCUT2D eigenvalue weighted by Crippen LogP contribution is -2.06. The van der Waals surface area contributed by atoms with Gasteiger partial charge < -0.3 is 4.74 Å². The number of nitriles is 1. The van der Waals surface area contributed by atoms with Crippen LogP contribution in [-0.4, -0.2) is 5.97 Å². The molecule has 3 nitrogen and oxygen atoms in total. The number of benzene rings is 2. The van der Waals surface area contributed by atoms with Gasteiger partial charge in [-0.2, -0.15) is 5.26 Å². The lowest BCUT2D eigenvalue weighted by Gasteiger charge is -2.11. The van der Waals surface area contributed by atoms with Gasteiger partial charge in [-0.15, -0.1) is 0 Å². The number of nitrogens with zero attached hydrogens (tertiary/aromatic N) is 1. The third-order valence-electron chi connectivity index (χ3n) is 3.25. The second-order valence-electron chi connectivity index (χ2n) is 4.63. The minimum atomic E-state index is -0.728. The molecule has 0 saturated carbocycles. The first-order chi connectivity index (χ1) is 11.2. The number of esters is 1. The van der Waals surface area contributed by atoms with E-state index in [1.54, 1.807) is 6.08 Å². The molecule has 0 aliphatic heterocycles. The number of hydrogen-bond donors (Lipinski definition) is 0. The van der Waals surface area contributed by atoms with Gasteiger partial charge in [0.1, 0.15) is 11.6 Å². The Kier molecular flexibility index (Phi) is 5.27. The van der Waals surface area contributed by atoms with Crippen molar-refractivity contribution in [1.82, 2.24) is 0 Å². The van der Waals surface area contributed by atoms with E-state index in [-0.39, 0.29) is 5.57 Å². The van der Waals surface area contributed by atoms with E-state index in [9.17, 15) is 10.1 Å². The Morgan fingerprint density at radius 1 is 1.00 bits per heavy atom. The molecule has 2 rings (SSSR count). The molecule has 0 heterocycles. The van der Waals surface area contributed by atoms with E-state index >= 15 is 0 Å².